The third-order valence-corrected chi connectivity index (χ3v) is 1.19. The molecule has 0 aliphatic carbocycles. The summed E-state index contributed by atoms with van der Waals surface area (Å²) in [4.78, 5) is 10.3. The second-order valence-corrected chi connectivity index (χ2v) is 2.35. The van der Waals surface area contributed by atoms with Crippen molar-refractivity contribution in [3.8, 4) is 0 Å². The van der Waals surface area contributed by atoms with Crippen molar-refractivity contribution >= 4 is 6.29 Å². The zero-order valence-corrected chi connectivity index (χ0v) is 6.76. The van der Waals surface area contributed by atoms with Crippen LogP contribution in [0, 0.1) is 5.92 Å². The zero-order valence-electron chi connectivity index (χ0n) is 6.76. The molecule has 0 saturated carbocycles. The maximum atomic E-state index is 10.3. The lowest BCUT2D eigenvalue weighted by atomic mass is 10.1. The molecule has 0 aliphatic rings. The maximum absolute atomic E-state index is 10.3. The van der Waals surface area contributed by atoms with Crippen molar-refractivity contribution < 1.29 is 9.53 Å². The minimum absolute atomic E-state index is 0.254. The summed E-state index contributed by atoms with van der Waals surface area (Å²) in [5.41, 5.74) is 0.710. The van der Waals surface area contributed by atoms with Gasteiger partial charge in [0.2, 0.25) is 0 Å². The fourth-order valence-corrected chi connectivity index (χ4v) is 0.480. The van der Waals surface area contributed by atoms with Gasteiger partial charge in [0.15, 0.2) is 0 Å². The Hall–Kier alpha value is -0.790. The molecule has 0 amide bonds. The number of aldehydes is 1. The Morgan fingerprint density at radius 1 is 1.60 bits per heavy atom. The van der Waals surface area contributed by atoms with Crippen LogP contribution in [-0.2, 0) is 9.53 Å². The van der Waals surface area contributed by atoms with Crippen molar-refractivity contribution in [3.63, 3.8) is 0 Å². The molecule has 0 heterocycles. The fraction of sp³-hybridized carbons (Fsp3) is 0.625. The molecule has 0 saturated heterocycles. The lowest BCUT2D eigenvalue weighted by Gasteiger charge is -2.02. The van der Waals surface area contributed by atoms with E-state index in [1.807, 2.05) is 20.8 Å². The fourth-order valence-electron chi connectivity index (χ4n) is 0.480. The highest BCUT2D eigenvalue weighted by atomic mass is 16.5. The van der Waals surface area contributed by atoms with Crippen LogP contribution in [0.15, 0.2) is 11.8 Å². The molecule has 0 rings (SSSR count). The van der Waals surface area contributed by atoms with Gasteiger partial charge in [-0.15, -0.1) is 0 Å². The molecule has 10 heavy (non-hydrogen) atoms. The highest BCUT2D eigenvalue weighted by molar-refractivity contribution is 5.73. The Morgan fingerprint density at radius 3 is 2.50 bits per heavy atom. The molecule has 2 heteroatoms. The van der Waals surface area contributed by atoms with Crippen LogP contribution in [0.5, 0.6) is 0 Å². The van der Waals surface area contributed by atoms with Crippen molar-refractivity contribution in [2.45, 2.75) is 20.8 Å². The SMILES string of the molecule is CCOC=C(C=O)C(C)C. The summed E-state index contributed by atoms with van der Waals surface area (Å²) in [6.45, 7) is 6.42. The first-order valence-corrected chi connectivity index (χ1v) is 3.49. The monoisotopic (exact) mass is 142 g/mol. The topological polar surface area (TPSA) is 26.3 Å². The summed E-state index contributed by atoms with van der Waals surface area (Å²) in [7, 11) is 0. The minimum Gasteiger partial charge on any atom is -0.501 e. The first kappa shape index (κ1) is 9.21. The number of carbonyl (C=O) groups excluding carboxylic acids is 1. The van der Waals surface area contributed by atoms with E-state index < -0.39 is 0 Å². The Kier molecular flexibility index (Phi) is 4.63. The summed E-state index contributed by atoms with van der Waals surface area (Å²) in [6, 6.07) is 0. The number of hydrogen-bond acceptors (Lipinski definition) is 2. The van der Waals surface area contributed by atoms with Crippen molar-refractivity contribution in [2.75, 3.05) is 6.61 Å². The van der Waals surface area contributed by atoms with Crippen LogP contribution in [0.4, 0.5) is 0 Å². The summed E-state index contributed by atoms with van der Waals surface area (Å²) in [5.74, 6) is 0.254. The van der Waals surface area contributed by atoms with Crippen molar-refractivity contribution in [1.82, 2.24) is 0 Å². The standard InChI is InChI=1S/C8H14O2/c1-4-10-6-8(5-9)7(2)3/h5-7H,4H2,1-3H3. The maximum Gasteiger partial charge on any atom is 0.149 e. The number of hydrogen-bond donors (Lipinski definition) is 0. The van der Waals surface area contributed by atoms with Crippen molar-refractivity contribution in [1.29, 1.82) is 0 Å². The van der Waals surface area contributed by atoms with E-state index in [0.29, 0.717) is 12.2 Å². The van der Waals surface area contributed by atoms with Gasteiger partial charge in [0.1, 0.15) is 6.29 Å². The average Bonchev–Trinajstić information content (AvgIpc) is 1.89. The lowest BCUT2D eigenvalue weighted by molar-refractivity contribution is -0.105. The van der Waals surface area contributed by atoms with Crippen LogP contribution in [-0.4, -0.2) is 12.9 Å². The smallest absolute Gasteiger partial charge is 0.149 e. The molecule has 0 bridgehead atoms. The predicted octanol–water partition coefficient (Wildman–Crippen LogP) is 1.76. The first-order valence-electron chi connectivity index (χ1n) is 3.49. The van der Waals surface area contributed by atoms with E-state index in [2.05, 4.69) is 0 Å². The highest BCUT2D eigenvalue weighted by Gasteiger charge is 1.99. The van der Waals surface area contributed by atoms with Gasteiger partial charge in [-0.25, -0.2) is 0 Å². The Bertz CT molecular complexity index is 125. The number of rotatable bonds is 4. The summed E-state index contributed by atoms with van der Waals surface area (Å²) < 4.78 is 4.95. The van der Waals surface area contributed by atoms with Gasteiger partial charge in [-0.2, -0.15) is 0 Å². The molecule has 0 aromatic heterocycles. The minimum atomic E-state index is 0.254. The Morgan fingerprint density at radius 2 is 2.20 bits per heavy atom. The predicted molar refractivity (Wildman–Crippen MR) is 40.6 cm³/mol. The lowest BCUT2D eigenvalue weighted by Crippen LogP contribution is -1.96. The first-order chi connectivity index (χ1) is 4.72. The normalized spacial score (nSPS) is 11.8. The van der Waals surface area contributed by atoms with Gasteiger partial charge in [0, 0.05) is 5.57 Å². The van der Waals surface area contributed by atoms with E-state index in [0.717, 1.165) is 6.29 Å². The second-order valence-electron chi connectivity index (χ2n) is 2.35. The van der Waals surface area contributed by atoms with Crippen LogP contribution >= 0.6 is 0 Å². The molecule has 0 aromatic carbocycles. The van der Waals surface area contributed by atoms with Gasteiger partial charge in [-0.3, -0.25) is 4.79 Å². The van der Waals surface area contributed by atoms with E-state index in [1.54, 1.807) is 0 Å². The average molecular weight is 142 g/mol. The van der Waals surface area contributed by atoms with Crippen LogP contribution in [0.1, 0.15) is 20.8 Å². The summed E-state index contributed by atoms with van der Waals surface area (Å²) in [5, 5.41) is 0. The zero-order chi connectivity index (χ0) is 7.98. The van der Waals surface area contributed by atoms with Crippen LogP contribution in [0.2, 0.25) is 0 Å². The third kappa shape index (κ3) is 3.28. The van der Waals surface area contributed by atoms with E-state index in [-0.39, 0.29) is 5.92 Å². The molecular formula is C8H14O2. The molecule has 0 fully saturated rings. The highest BCUT2D eigenvalue weighted by Crippen LogP contribution is 2.05. The number of carbonyl (C=O) groups is 1. The number of ether oxygens (including phenoxy) is 1. The van der Waals surface area contributed by atoms with Crippen LogP contribution < -0.4 is 0 Å². The Balaban J connectivity index is 3.91. The van der Waals surface area contributed by atoms with Gasteiger partial charge in [-0.05, 0) is 12.8 Å². The molecule has 0 N–H and O–H groups in total. The van der Waals surface area contributed by atoms with E-state index >= 15 is 0 Å². The van der Waals surface area contributed by atoms with Gasteiger partial charge in [0.25, 0.3) is 0 Å². The van der Waals surface area contributed by atoms with Crippen LogP contribution in [0.3, 0.4) is 0 Å². The second kappa shape index (κ2) is 5.03. The van der Waals surface area contributed by atoms with Crippen molar-refractivity contribution in [2.24, 2.45) is 5.92 Å². The third-order valence-electron chi connectivity index (χ3n) is 1.19. The molecule has 0 aliphatic heterocycles. The van der Waals surface area contributed by atoms with E-state index in [9.17, 15) is 4.79 Å². The molecular weight excluding hydrogens is 128 g/mol. The quantitative estimate of drug-likeness (QED) is 0.339. The van der Waals surface area contributed by atoms with Gasteiger partial charge in [0.05, 0.1) is 12.9 Å². The molecule has 58 valence electrons. The summed E-state index contributed by atoms with van der Waals surface area (Å²) >= 11 is 0. The Labute approximate surface area is 61.9 Å². The molecule has 2 nitrogen and oxygen atoms in total. The van der Waals surface area contributed by atoms with Crippen LogP contribution in [0.25, 0.3) is 0 Å². The molecule has 0 unspecified atom stereocenters. The molecule has 0 radical (unpaired) electrons. The summed E-state index contributed by atoms with van der Waals surface area (Å²) in [6.07, 6.45) is 2.36. The van der Waals surface area contributed by atoms with E-state index in [1.165, 1.54) is 6.26 Å². The van der Waals surface area contributed by atoms with E-state index in [4.69, 9.17) is 4.74 Å². The molecule has 0 atom stereocenters. The van der Waals surface area contributed by atoms with Gasteiger partial charge in [-0.1, -0.05) is 13.8 Å². The largest absolute Gasteiger partial charge is 0.501 e. The van der Waals surface area contributed by atoms with Gasteiger partial charge < -0.3 is 4.74 Å². The van der Waals surface area contributed by atoms with Gasteiger partial charge >= 0.3 is 0 Å². The molecule has 0 aromatic rings. The van der Waals surface area contributed by atoms with Crippen molar-refractivity contribution in [3.05, 3.63) is 11.8 Å². The molecule has 0 spiro atoms. The number of allylic oxidation sites excluding steroid dienone is 1.